The standard InChI is InChI=1S/C66H38S2/c1-3-16-49-47(14-1)51-30-26-40(39-12-9-13-43(34-39)46-21-11-23-57-53-18-5-8-25-63(53)68-66(46)57)35-58(51)52-31-28-44(38-59(49)52)45-20-10-22-55-48-15-2-4-17-50(48)60-36-41(27-32-56(60)65(45)55)42-29-33-64-61(37-42)54-19-6-7-24-62(54)67-64/h1-38H. The second-order valence-corrected chi connectivity index (χ2v) is 20.4. The fourth-order valence-corrected chi connectivity index (χ4v) is 13.8. The molecule has 0 nitrogen and oxygen atoms in total. The van der Waals surface area contributed by atoms with Crippen molar-refractivity contribution in [1.82, 2.24) is 0 Å². The van der Waals surface area contributed by atoms with E-state index in [1.54, 1.807) is 0 Å². The van der Waals surface area contributed by atoms with Crippen molar-refractivity contribution in [3.8, 4) is 44.5 Å². The Hall–Kier alpha value is -8.14. The molecule has 2 heterocycles. The van der Waals surface area contributed by atoms with Crippen LogP contribution in [-0.2, 0) is 0 Å². The molecular weight excluding hydrogens is 857 g/mol. The van der Waals surface area contributed by atoms with Crippen molar-refractivity contribution in [2.45, 2.75) is 0 Å². The van der Waals surface area contributed by atoms with Gasteiger partial charge in [-0.3, -0.25) is 0 Å². The zero-order chi connectivity index (χ0) is 44.5. The Labute approximate surface area is 400 Å². The summed E-state index contributed by atoms with van der Waals surface area (Å²) in [5, 5.41) is 20.7. The highest BCUT2D eigenvalue weighted by atomic mass is 32.1. The van der Waals surface area contributed by atoms with E-state index in [1.165, 1.54) is 149 Å². The molecule has 0 fully saturated rings. The fourth-order valence-electron chi connectivity index (χ4n) is 11.5. The Balaban J connectivity index is 0.901. The molecular formula is C66H38S2. The van der Waals surface area contributed by atoms with Crippen molar-refractivity contribution in [1.29, 1.82) is 0 Å². The number of thiophene rings is 2. The summed E-state index contributed by atoms with van der Waals surface area (Å²) in [5.74, 6) is 0. The first kappa shape index (κ1) is 38.0. The summed E-state index contributed by atoms with van der Waals surface area (Å²) in [5.41, 5.74) is 9.93. The van der Waals surface area contributed by atoms with Crippen LogP contribution >= 0.6 is 22.7 Å². The van der Waals surface area contributed by atoms with Gasteiger partial charge in [0.1, 0.15) is 0 Å². The molecule has 0 amide bonds. The molecule has 314 valence electrons. The van der Waals surface area contributed by atoms with E-state index >= 15 is 0 Å². The van der Waals surface area contributed by atoms with Crippen LogP contribution in [0.2, 0.25) is 0 Å². The lowest BCUT2D eigenvalue weighted by atomic mass is 9.86. The SMILES string of the molecule is c1cc(-c2ccc3c4ccccc4c4cc(-c5cccc6c7ccccc7c7cc(-c8ccc9sc%10ccccc%10c9c8)ccc7c56)ccc4c3c2)cc(-c2cccc3c2sc2ccccc23)c1. The predicted molar refractivity (Wildman–Crippen MR) is 299 cm³/mol. The fraction of sp³-hybridized carbons (Fsp3) is 0. The third kappa shape index (κ3) is 5.66. The van der Waals surface area contributed by atoms with Gasteiger partial charge in [-0.15, -0.1) is 22.7 Å². The summed E-state index contributed by atoms with van der Waals surface area (Å²) in [6, 6.07) is 86.6. The van der Waals surface area contributed by atoms with E-state index in [2.05, 4.69) is 231 Å². The highest BCUT2D eigenvalue weighted by molar-refractivity contribution is 7.26. The molecule has 0 radical (unpaired) electrons. The molecule has 0 atom stereocenters. The second-order valence-electron chi connectivity index (χ2n) is 18.3. The Kier molecular flexibility index (Phi) is 8.21. The molecule has 0 N–H and O–H groups in total. The van der Waals surface area contributed by atoms with Gasteiger partial charge in [-0.1, -0.05) is 182 Å². The smallest absolute Gasteiger partial charge is 0.0433 e. The number of hydrogen-bond donors (Lipinski definition) is 0. The van der Waals surface area contributed by atoms with Crippen molar-refractivity contribution >= 4 is 128 Å². The van der Waals surface area contributed by atoms with E-state index in [9.17, 15) is 0 Å². The molecule has 15 aromatic rings. The quantitative estimate of drug-likeness (QED) is 0.154. The lowest BCUT2D eigenvalue weighted by molar-refractivity contribution is 1.63. The molecule has 0 bridgehead atoms. The average Bonchev–Trinajstić information content (AvgIpc) is 3.99. The third-order valence-corrected chi connectivity index (χ3v) is 17.0. The van der Waals surface area contributed by atoms with E-state index < -0.39 is 0 Å². The first-order valence-corrected chi connectivity index (χ1v) is 25.0. The minimum absolute atomic E-state index is 1.22. The minimum atomic E-state index is 1.22. The van der Waals surface area contributed by atoms with E-state index in [-0.39, 0.29) is 0 Å². The largest absolute Gasteiger partial charge is 0.135 e. The molecule has 2 aromatic heterocycles. The van der Waals surface area contributed by atoms with Crippen molar-refractivity contribution in [2.75, 3.05) is 0 Å². The number of hydrogen-bond acceptors (Lipinski definition) is 2. The number of rotatable bonds is 4. The molecule has 13 aromatic carbocycles. The normalized spacial score (nSPS) is 12.1. The van der Waals surface area contributed by atoms with Crippen LogP contribution in [0.3, 0.4) is 0 Å². The first-order chi connectivity index (χ1) is 33.7. The molecule has 0 spiro atoms. The van der Waals surface area contributed by atoms with Gasteiger partial charge < -0.3 is 0 Å². The molecule has 0 saturated carbocycles. The van der Waals surface area contributed by atoms with Gasteiger partial charge in [-0.25, -0.2) is 0 Å². The van der Waals surface area contributed by atoms with Crippen molar-refractivity contribution < 1.29 is 0 Å². The van der Waals surface area contributed by atoms with Gasteiger partial charge in [-0.05, 0) is 158 Å². The summed E-state index contributed by atoms with van der Waals surface area (Å²) in [7, 11) is 0. The molecule has 15 rings (SSSR count). The van der Waals surface area contributed by atoms with Crippen LogP contribution in [0.5, 0.6) is 0 Å². The lowest BCUT2D eigenvalue weighted by Gasteiger charge is -2.17. The van der Waals surface area contributed by atoms with Crippen LogP contribution in [0.4, 0.5) is 0 Å². The highest BCUT2D eigenvalue weighted by Gasteiger charge is 2.18. The zero-order valence-electron chi connectivity index (χ0n) is 36.8. The summed E-state index contributed by atoms with van der Waals surface area (Å²) in [6.07, 6.45) is 0. The van der Waals surface area contributed by atoms with E-state index in [0.29, 0.717) is 0 Å². The monoisotopic (exact) mass is 894 g/mol. The highest BCUT2D eigenvalue weighted by Crippen LogP contribution is 2.46. The maximum atomic E-state index is 2.46. The van der Waals surface area contributed by atoms with Crippen LogP contribution < -0.4 is 0 Å². The van der Waals surface area contributed by atoms with Gasteiger partial charge in [0.15, 0.2) is 0 Å². The Morgan fingerprint density at radius 1 is 0.191 bits per heavy atom. The van der Waals surface area contributed by atoms with Crippen LogP contribution in [0, 0.1) is 0 Å². The molecule has 0 aliphatic heterocycles. The summed E-state index contributed by atoms with van der Waals surface area (Å²) in [6.45, 7) is 0. The van der Waals surface area contributed by atoms with E-state index in [1.807, 2.05) is 22.7 Å². The van der Waals surface area contributed by atoms with Crippen molar-refractivity contribution in [3.63, 3.8) is 0 Å². The summed E-state index contributed by atoms with van der Waals surface area (Å²) >= 11 is 3.76. The number of benzene rings is 13. The van der Waals surface area contributed by atoms with Crippen LogP contribution in [0.1, 0.15) is 0 Å². The molecule has 0 aliphatic carbocycles. The molecule has 0 aliphatic rings. The van der Waals surface area contributed by atoms with Gasteiger partial charge in [0.25, 0.3) is 0 Å². The number of fused-ring (bicyclic) bond motifs is 18. The second kappa shape index (κ2) is 14.7. The Bertz CT molecular complexity index is 4620. The van der Waals surface area contributed by atoms with Gasteiger partial charge in [-0.2, -0.15) is 0 Å². The predicted octanol–water partition coefficient (Wildman–Crippen LogP) is 20.0. The summed E-state index contributed by atoms with van der Waals surface area (Å²) < 4.78 is 5.34. The summed E-state index contributed by atoms with van der Waals surface area (Å²) in [4.78, 5) is 0. The van der Waals surface area contributed by atoms with Crippen LogP contribution in [-0.4, -0.2) is 0 Å². The van der Waals surface area contributed by atoms with Crippen molar-refractivity contribution in [2.24, 2.45) is 0 Å². The van der Waals surface area contributed by atoms with E-state index in [0.717, 1.165) is 0 Å². The lowest BCUT2D eigenvalue weighted by Crippen LogP contribution is -1.90. The maximum absolute atomic E-state index is 2.46. The first-order valence-electron chi connectivity index (χ1n) is 23.4. The third-order valence-electron chi connectivity index (χ3n) is 14.6. The Morgan fingerprint density at radius 3 is 1.29 bits per heavy atom. The minimum Gasteiger partial charge on any atom is -0.135 e. The van der Waals surface area contributed by atoms with Crippen molar-refractivity contribution in [3.05, 3.63) is 231 Å². The average molecular weight is 895 g/mol. The molecule has 0 unspecified atom stereocenters. The topological polar surface area (TPSA) is 0 Å². The van der Waals surface area contributed by atoms with E-state index in [4.69, 9.17) is 0 Å². The zero-order valence-corrected chi connectivity index (χ0v) is 38.4. The molecule has 68 heavy (non-hydrogen) atoms. The van der Waals surface area contributed by atoms with Crippen LogP contribution in [0.15, 0.2) is 231 Å². The van der Waals surface area contributed by atoms with Gasteiger partial charge in [0, 0.05) is 40.3 Å². The van der Waals surface area contributed by atoms with Gasteiger partial charge >= 0.3 is 0 Å². The van der Waals surface area contributed by atoms with Gasteiger partial charge in [0.2, 0.25) is 0 Å². The van der Waals surface area contributed by atoms with Crippen LogP contribution in [0.25, 0.3) is 149 Å². The molecule has 0 saturated heterocycles. The molecule has 2 heteroatoms. The maximum Gasteiger partial charge on any atom is 0.0433 e. The Morgan fingerprint density at radius 2 is 0.574 bits per heavy atom. The van der Waals surface area contributed by atoms with Gasteiger partial charge in [0.05, 0.1) is 0 Å².